The van der Waals surface area contributed by atoms with Crippen molar-refractivity contribution in [3.05, 3.63) is 51.6 Å². The van der Waals surface area contributed by atoms with Gasteiger partial charge < -0.3 is 10.3 Å². The fourth-order valence-corrected chi connectivity index (χ4v) is 2.29. The van der Waals surface area contributed by atoms with Gasteiger partial charge in [0.05, 0.1) is 0 Å². The van der Waals surface area contributed by atoms with Crippen LogP contribution in [-0.2, 0) is 6.42 Å². The van der Waals surface area contributed by atoms with Gasteiger partial charge >= 0.3 is 0 Å². The van der Waals surface area contributed by atoms with Crippen LogP contribution in [0.1, 0.15) is 16.8 Å². The molecule has 2 heterocycles. The summed E-state index contributed by atoms with van der Waals surface area (Å²) in [5.41, 5.74) is 3.77. The number of aromatic nitrogens is 4. The number of fused-ring (bicyclic) bond motifs is 1. The van der Waals surface area contributed by atoms with Crippen LogP contribution in [0.25, 0.3) is 10.9 Å². The molecule has 6 heteroatoms. The lowest BCUT2D eigenvalue weighted by Crippen LogP contribution is -2.18. The smallest absolute Gasteiger partial charge is 0.273 e. The van der Waals surface area contributed by atoms with Gasteiger partial charge in [0, 0.05) is 23.6 Å². The van der Waals surface area contributed by atoms with Gasteiger partial charge in [-0.15, -0.1) is 10.2 Å². The number of hydrogen-bond acceptors (Lipinski definition) is 4. The Morgan fingerprint density at radius 1 is 1.24 bits per heavy atom. The van der Waals surface area contributed by atoms with Crippen LogP contribution < -0.4 is 10.9 Å². The Bertz CT molecular complexity index is 833. The molecule has 3 N–H and O–H groups in total. The summed E-state index contributed by atoms with van der Waals surface area (Å²) in [7, 11) is 0. The number of nitrogens with one attached hydrogen (secondary N) is 3. The first-order chi connectivity index (χ1) is 10.1. The third-order valence-corrected chi connectivity index (χ3v) is 3.47. The van der Waals surface area contributed by atoms with E-state index >= 15 is 0 Å². The molecule has 6 nitrogen and oxygen atoms in total. The summed E-state index contributed by atoms with van der Waals surface area (Å²) in [5.74, 6) is 0.404. The number of aromatic amines is 2. The zero-order chi connectivity index (χ0) is 14.8. The highest BCUT2D eigenvalue weighted by atomic mass is 16.1. The molecule has 0 saturated heterocycles. The van der Waals surface area contributed by atoms with Gasteiger partial charge in [-0.25, -0.2) is 0 Å². The summed E-state index contributed by atoms with van der Waals surface area (Å²) >= 11 is 0. The molecule has 0 saturated carbocycles. The Morgan fingerprint density at radius 2 is 2.10 bits per heavy atom. The minimum atomic E-state index is -0.213. The van der Waals surface area contributed by atoms with E-state index in [-0.39, 0.29) is 5.56 Å². The molecule has 0 aliphatic heterocycles. The Morgan fingerprint density at radius 3 is 2.90 bits per heavy atom. The molecular weight excluding hydrogens is 266 g/mol. The molecular formula is C15H17N5O. The van der Waals surface area contributed by atoms with Crippen molar-refractivity contribution in [2.24, 2.45) is 0 Å². The number of benzene rings is 1. The maximum atomic E-state index is 11.4. The van der Waals surface area contributed by atoms with Crippen LogP contribution in [0.3, 0.4) is 0 Å². The lowest BCUT2D eigenvalue weighted by atomic mass is 10.1. The molecule has 1 aromatic carbocycles. The summed E-state index contributed by atoms with van der Waals surface area (Å²) in [4.78, 5) is 17.4. The quantitative estimate of drug-likeness (QED) is 0.682. The SMILES string of the molecule is Cc1ccc2[nH]cc(CCNc3nnc(C)c(=O)[nH]3)c2c1. The highest BCUT2D eigenvalue weighted by molar-refractivity contribution is 5.83. The highest BCUT2D eigenvalue weighted by Gasteiger charge is 2.04. The van der Waals surface area contributed by atoms with Crippen LogP contribution in [0.5, 0.6) is 0 Å². The van der Waals surface area contributed by atoms with Crippen LogP contribution in [0.2, 0.25) is 0 Å². The largest absolute Gasteiger partial charge is 0.361 e. The molecule has 0 spiro atoms. The van der Waals surface area contributed by atoms with E-state index in [4.69, 9.17) is 0 Å². The van der Waals surface area contributed by atoms with Crippen LogP contribution in [0.15, 0.2) is 29.2 Å². The predicted molar refractivity (Wildman–Crippen MR) is 82.6 cm³/mol. The van der Waals surface area contributed by atoms with Crippen molar-refractivity contribution >= 4 is 16.9 Å². The van der Waals surface area contributed by atoms with Crippen molar-refractivity contribution in [3.63, 3.8) is 0 Å². The molecule has 0 atom stereocenters. The van der Waals surface area contributed by atoms with Gasteiger partial charge in [-0.05, 0) is 38.0 Å². The second-order valence-corrected chi connectivity index (χ2v) is 5.13. The molecule has 3 rings (SSSR count). The molecule has 108 valence electrons. The topological polar surface area (TPSA) is 86.5 Å². The number of H-pyrrole nitrogens is 2. The number of nitrogens with zero attached hydrogens (tertiary/aromatic N) is 2. The summed E-state index contributed by atoms with van der Waals surface area (Å²) in [6, 6.07) is 6.35. The van der Waals surface area contributed by atoms with Crippen molar-refractivity contribution in [2.75, 3.05) is 11.9 Å². The summed E-state index contributed by atoms with van der Waals surface area (Å²) < 4.78 is 0. The van der Waals surface area contributed by atoms with E-state index in [0.717, 1.165) is 11.9 Å². The summed E-state index contributed by atoms with van der Waals surface area (Å²) in [6.07, 6.45) is 2.86. The standard InChI is InChI=1S/C15H17N5O/c1-9-3-4-13-12(7-9)11(8-17-13)5-6-16-15-18-14(21)10(2)19-20-15/h3-4,7-8,17H,5-6H2,1-2H3,(H2,16,18,20,21). The van der Waals surface area contributed by atoms with E-state index < -0.39 is 0 Å². The second kappa shape index (κ2) is 5.40. The van der Waals surface area contributed by atoms with Crippen LogP contribution in [0.4, 0.5) is 5.95 Å². The number of aryl methyl sites for hydroxylation is 2. The first-order valence-electron chi connectivity index (χ1n) is 6.87. The van der Waals surface area contributed by atoms with Crippen LogP contribution in [-0.4, -0.2) is 26.7 Å². The lowest BCUT2D eigenvalue weighted by Gasteiger charge is -2.04. The van der Waals surface area contributed by atoms with E-state index in [0.29, 0.717) is 18.2 Å². The molecule has 2 aromatic heterocycles. The molecule has 0 unspecified atom stereocenters. The third-order valence-electron chi connectivity index (χ3n) is 3.47. The van der Waals surface area contributed by atoms with Crippen LogP contribution in [0, 0.1) is 13.8 Å². The maximum Gasteiger partial charge on any atom is 0.273 e. The Balaban J connectivity index is 1.70. The predicted octanol–water partition coefficient (Wildman–Crippen LogP) is 1.92. The Kier molecular flexibility index (Phi) is 3.43. The first-order valence-corrected chi connectivity index (χ1v) is 6.87. The highest BCUT2D eigenvalue weighted by Crippen LogP contribution is 2.19. The van der Waals surface area contributed by atoms with Crippen molar-refractivity contribution in [1.82, 2.24) is 20.2 Å². The van der Waals surface area contributed by atoms with E-state index in [1.165, 1.54) is 16.5 Å². The van der Waals surface area contributed by atoms with Crippen molar-refractivity contribution in [2.45, 2.75) is 20.3 Å². The van der Waals surface area contributed by atoms with Crippen molar-refractivity contribution < 1.29 is 0 Å². The fraction of sp³-hybridized carbons (Fsp3) is 0.267. The average molecular weight is 283 g/mol. The average Bonchev–Trinajstić information content (AvgIpc) is 2.85. The van der Waals surface area contributed by atoms with Gasteiger partial charge in [0.2, 0.25) is 5.95 Å². The Hall–Kier alpha value is -2.63. The molecule has 0 radical (unpaired) electrons. The molecule has 0 aliphatic carbocycles. The molecule has 0 bridgehead atoms. The summed E-state index contributed by atoms with van der Waals surface area (Å²) in [6.45, 7) is 4.39. The minimum absolute atomic E-state index is 0.213. The first kappa shape index (κ1) is 13.4. The number of anilines is 1. The van der Waals surface area contributed by atoms with E-state index in [1.807, 2.05) is 6.20 Å². The number of hydrogen-bond donors (Lipinski definition) is 3. The van der Waals surface area contributed by atoms with E-state index in [2.05, 4.69) is 50.6 Å². The molecule has 0 amide bonds. The molecule has 21 heavy (non-hydrogen) atoms. The normalized spacial score (nSPS) is 11.0. The van der Waals surface area contributed by atoms with Gasteiger partial charge in [-0.2, -0.15) is 0 Å². The van der Waals surface area contributed by atoms with Crippen molar-refractivity contribution in [1.29, 1.82) is 0 Å². The summed E-state index contributed by atoms with van der Waals surface area (Å²) in [5, 5.41) is 12.0. The second-order valence-electron chi connectivity index (χ2n) is 5.13. The molecule has 3 aromatic rings. The van der Waals surface area contributed by atoms with E-state index in [1.54, 1.807) is 6.92 Å². The minimum Gasteiger partial charge on any atom is -0.361 e. The van der Waals surface area contributed by atoms with Gasteiger partial charge in [0.1, 0.15) is 5.69 Å². The third kappa shape index (κ3) is 2.79. The molecule has 0 aliphatic rings. The van der Waals surface area contributed by atoms with E-state index in [9.17, 15) is 4.79 Å². The molecule has 0 fully saturated rings. The van der Waals surface area contributed by atoms with Crippen molar-refractivity contribution in [3.8, 4) is 0 Å². The maximum absolute atomic E-state index is 11.4. The Labute approximate surface area is 121 Å². The van der Waals surface area contributed by atoms with Crippen LogP contribution >= 0.6 is 0 Å². The number of rotatable bonds is 4. The lowest BCUT2D eigenvalue weighted by molar-refractivity contribution is 0.881. The zero-order valence-electron chi connectivity index (χ0n) is 12.0. The monoisotopic (exact) mass is 283 g/mol. The van der Waals surface area contributed by atoms with Gasteiger partial charge in [-0.3, -0.25) is 9.78 Å². The van der Waals surface area contributed by atoms with Gasteiger partial charge in [0.15, 0.2) is 0 Å². The van der Waals surface area contributed by atoms with Gasteiger partial charge in [0.25, 0.3) is 5.56 Å². The van der Waals surface area contributed by atoms with Gasteiger partial charge in [-0.1, -0.05) is 11.6 Å². The zero-order valence-corrected chi connectivity index (χ0v) is 12.0. The fourth-order valence-electron chi connectivity index (χ4n) is 2.29.